The Bertz CT molecular complexity index is 1350. The molecule has 6 nitrogen and oxygen atoms in total. The van der Waals surface area contributed by atoms with Crippen molar-refractivity contribution in [2.45, 2.75) is 57.7 Å². The van der Waals surface area contributed by atoms with E-state index in [0.29, 0.717) is 26.1 Å². The van der Waals surface area contributed by atoms with Crippen LogP contribution in [0, 0.1) is 19.8 Å². The second-order valence-electron chi connectivity index (χ2n) is 11.5. The van der Waals surface area contributed by atoms with Crippen molar-refractivity contribution < 1.29 is 14.3 Å². The van der Waals surface area contributed by atoms with Crippen LogP contribution in [-0.2, 0) is 16.1 Å². The number of nitrogens with zero attached hydrogens (tertiary/aromatic N) is 2. The second-order valence-corrected chi connectivity index (χ2v) is 11.5. The number of hydrogen-bond donors (Lipinski definition) is 1. The third-order valence-corrected chi connectivity index (χ3v) is 8.75. The molecule has 39 heavy (non-hydrogen) atoms. The van der Waals surface area contributed by atoms with Gasteiger partial charge >= 0.3 is 6.09 Å². The number of likely N-dealkylation sites (tertiary alicyclic amines) is 1. The van der Waals surface area contributed by atoms with Crippen molar-refractivity contribution in [3.63, 3.8) is 0 Å². The summed E-state index contributed by atoms with van der Waals surface area (Å²) >= 11 is 0. The Kier molecular flexibility index (Phi) is 6.90. The molecule has 0 aromatic heterocycles. The van der Waals surface area contributed by atoms with Gasteiger partial charge in [-0.3, -0.25) is 4.79 Å². The standard InChI is InChI=1S/C33H37N3O3/c1-21-8-7-9-23(22(21)2)18-36(26-14-15-26)32(37)24-16-25(34)19-35(17-24)33(38)39-20-31-29-12-5-3-10-27(29)28-11-4-6-13-30(28)31/h3-13,24-26,31H,14-20,34H2,1-2H3. The lowest BCUT2D eigenvalue weighted by atomic mass is 9.93. The zero-order valence-corrected chi connectivity index (χ0v) is 22.8. The molecule has 3 aromatic carbocycles. The Labute approximate surface area is 230 Å². The number of aryl methyl sites for hydroxylation is 1. The molecule has 1 saturated carbocycles. The molecule has 6 heteroatoms. The number of carbonyl (C=O) groups excluding carboxylic acids is 2. The van der Waals surface area contributed by atoms with Crippen LogP contribution >= 0.6 is 0 Å². The number of piperidine rings is 1. The monoisotopic (exact) mass is 523 g/mol. The molecule has 6 rings (SSSR count). The molecule has 2 atom stereocenters. The third kappa shape index (κ3) is 5.06. The highest BCUT2D eigenvalue weighted by Crippen LogP contribution is 2.44. The molecule has 0 radical (unpaired) electrons. The van der Waals surface area contributed by atoms with Crippen molar-refractivity contribution in [3.8, 4) is 11.1 Å². The fraction of sp³-hybridized carbons (Fsp3) is 0.394. The molecule has 1 aliphatic heterocycles. The van der Waals surface area contributed by atoms with Gasteiger partial charge in [-0.1, -0.05) is 66.7 Å². The fourth-order valence-corrected chi connectivity index (χ4v) is 6.33. The van der Waals surface area contributed by atoms with Gasteiger partial charge in [-0.2, -0.15) is 0 Å². The number of rotatable bonds is 6. The molecule has 1 saturated heterocycles. The first-order valence-corrected chi connectivity index (χ1v) is 14.1. The molecule has 3 aliphatic rings. The first-order chi connectivity index (χ1) is 18.9. The summed E-state index contributed by atoms with van der Waals surface area (Å²) in [5.74, 6) is -0.217. The highest BCUT2D eigenvalue weighted by Gasteiger charge is 2.40. The van der Waals surface area contributed by atoms with Gasteiger partial charge < -0.3 is 20.3 Å². The van der Waals surface area contributed by atoms with E-state index < -0.39 is 6.09 Å². The van der Waals surface area contributed by atoms with E-state index in [1.165, 1.54) is 38.9 Å². The smallest absolute Gasteiger partial charge is 0.409 e. The molecule has 3 aromatic rings. The molecule has 2 N–H and O–H groups in total. The summed E-state index contributed by atoms with van der Waals surface area (Å²) in [5.41, 5.74) is 14.8. The molecule has 0 bridgehead atoms. The van der Waals surface area contributed by atoms with Gasteiger partial charge in [0.1, 0.15) is 6.61 Å². The van der Waals surface area contributed by atoms with Gasteiger partial charge in [0, 0.05) is 37.6 Å². The molecule has 2 aliphatic carbocycles. The fourth-order valence-electron chi connectivity index (χ4n) is 6.33. The predicted molar refractivity (Wildman–Crippen MR) is 152 cm³/mol. The number of ether oxygens (including phenoxy) is 1. The number of benzene rings is 3. The zero-order chi connectivity index (χ0) is 27.1. The lowest BCUT2D eigenvalue weighted by Gasteiger charge is -2.37. The summed E-state index contributed by atoms with van der Waals surface area (Å²) in [5, 5.41) is 0. The Balaban J connectivity index is 1.14. The van der Waals surface area contributed by atoms with E-state index >= 15 is 0 Å². The first-order valence-electron chi connectivity index (χ1n) is 14.1. The van der Waals surface area contributed by atoms with Gasteiger partial charge in [-0.15, -0.1) is 0 Å². The number of fused-ring (bicyclic) bond motifs is 3. The molecule has 0 spiro atoms. The average Bonchev–Trinajstić information content (AvgIpc) is 3.74. The largest absolute Gasteiger partial charge is 0.448 e. The van der Waals surface area contributed by atoms with E-state index in [1.54, 1.807) is 4.90 Å². The van der Waals surface area contributed by atoms with Crippen LogP contribution in [0.25, 0.3) is 11.1 Å². The van der Waals surface area contributed by atoms with Gasteiger partial charge in [0.05, 0.1) is 5.92 Å². The Morgan fingerprint density at radius 3 is 2.26 bits per heavy atom. The van der Waals surface area contributed by atoms with Crippen LogP contribution in [0.2, 0.25) is 0 Å². The lowest BCUT2D eigenvalue weighted by molar-refractivity contribution is -0.138. The minimum absolute atomic E-state index is 0.000157. The van der Waals surface area contributed by atoms with Crippen molar-refractivity contribution in [1.82, 2.24) is 9.80 Å². The summed E-state index contributed by atoms with van der Waals surface area (Å²) in [4.78, 5) is 30.8. The number of hydrogen-bond acceptors (Lipinski definition) is 4. The van der Waals surface area contributed by atoms with Crippen molar-refractivity contribution in [2.24, 2.45) is 11.7 Å². The number of carbonyl (C=O) groups is 2. The Morgan fingerprint density at radius 2 is 1.59 bits per heavy atom. The van der Waals surface area contributed by atoms with Crippen LogP contribution in [0.3, 0.4) is 0 Å². The van der Waals surface area contributed by atoms with Gasteiger partial charge in [0.25, 0.3) is 0 Å². The van der Waals surface area contributed by atoms with Gasteiger partial charge in [0.2, 0.25) is 5.91 Å². The maximum Gasteiger partial charge on any atom is 0.409 e. The van der Waals surface area contributed by atoms with Crippen LogP contribution in [0.15, 0.2) is 66.7 Å². The molecule has 2 amide bonds. The number of amides is 2. The first kappa shape index (κ1) is 25.6. The van der Waals surface area contributed by atoms with E-state index in [2.05, 4.69) is 56.3 Å². The minimum Gasteiger partial charge on any atom is -0.448 e. The third-order valence-electron chi connectivity index (χ3n) is 8.75. The van der Waals surface area contributed by atoms with E-state index in [9.17, 15) is 9.59 Å². The van der Waals surface area contributed by atoms with Gasteiger partial charge in [-0.25, -0.2) is 4.79 Å². The van der Waals surface area contributed by atoms with Crippen LogP contribution in [-0.4, -0.2) is 53.6 Å². The summed E-state index contributed by atoms with van der Waals surface area (Å²) < 4.78 is 5.91. The summed E-state index contributed by atoms with van der Waals surface area (Å²) in [7, 11) is 0. The molecular weight excluding hydrogens is 486 g/mol. The lowest BCUT2D eigenvalue weighted by Crippen LogP contribution is -2.54. The van der Waals surface area contributed by atoms with Crippen molar-refractivity contribution in [3.05, 3.63) is 94.5 Å². The quantitative estimate of drug-likeness (QED) is 0.470. The van der Waals surface area contributed by atoms with Crippen molar-refractivity contribution in [1.29, 1.82) is 0 Å². The summed E-state index contributed by atoms with van der Waals surface area (Å²) in [6.45, 7) is 5.84. The predicted octanol–water partition coefficient (Wildman–Crippen LogP) is 5.39. The van der Waals surface area contributed by atoms with E-state index in [0.717, 1.165) is 12.8 Å². The molecule has 2 fully saturated rings. The summed E-state index contributed by atoms with van der Waals surface area (Å²) in [6.07, 6.45) is 2.26. The normalized spacial score (nSPS) is 20.3. The SMILES string of the molecule is Cc1cccc(CN(C(=O)C2CC(N)CN(C(=O)OCC3c4ccccc4-c4ccccc43)C2)C2CC2)c1C. The van der Waals surface area contributed by atoms with E-state index in [4.69, 9.17) is 10.5 Å². The van der Waals surface area contributed by atoms with Crippen molar-refractivity contribution >= 4 is 12.0 Å². The van der Waals surface area contributed by atoms with Gasteiger partial charge in [0.15, 0.2) is 0 Å². The average molecular weight is 524 g/mol. The Hall–Kier alpha value is -3.64. The maximum absolute atomic E-state index is 13.8. The van der Waals surface area contributed by atoms with E-state index in [1.807, 2.05) is 29.2 Å². The highest BCUT2D eigenvalue weighted by molar-refractivity contribution is 5.81. The zero-order valence-electron chi connectivity index (χ0n) is 22.8. The maximum atomic E-state index is 13.8. The molecule has 202 valence electrons. The topological polar surface area (TPSA) is 75.9 Å². The second kappa shape index (κ2) is 10.5. The van der Waals surface area contributed by atoms with Crippen LogP contribution < -0.4 is 5.73 Å². The van der Waals surface area contributed by atoms with Crippen LogP contribution in [0.5, 0.6) is 0 Å². The number of nitrogens with two attached hydrogens (primary N) is 1. The molecule has 2 unspecified atom stereocenters. The Morgan fingerprint density at radius 1 is 0.923 bits per heavy atom. The van der Waals surface area contributed by atoms with Gasteiger partial charge in [-0.05, 0) is 72.1 Å². The molecular formula is C33H37N3O3. The highest BCUT2D eigenvalue weighted by atomic mass is 16.6. The van der Waals surface area contributed by atoms with Crippen LogP contribution in [0.4, 0.5) is 4.79 Å². The van der Waals surface area contributed by atoms with E-state index in [-0.39, 0.29) is 36.4 Å². The van der Waals surface area contributed by atoms with Crippen LogP contribution in [0.1, 0.15) is 53.0 Å². The minimum atomic E-state index is -0.391. The van der Waals surface area contributed by atoms with Crippen molar-refractivity contribution in [2.75, 3.05) is 19.7 Å². The summed E-state index contributed by atoms with van der Waals surface area (Å²) in [6, 6.07) is 22.9. The molecule has 1 heterocycles.